The van der Waals surface area contributed by atoms with E-state index in [4.69, 9.17) is 18.9 Å². The molecule has 5 atom stereocenters. The molecule has 1 aliphatic rings. The van der Waals surface area contributed by atoms with Crippen LogP contribution in [0.2, 0.25) is 0 Å². The van der Waals surface area contributed by atoms with E-state index in [0.717, 1.165) is 39.0 Å². The summed E-state index contributed by atoms with van der Waals surface area (Å²) in [5.41, 5.74) is -1.25. The number of alkyl halides is 1. The smallest absolute Gasteiger partial charge is 0.303 e. The van der Waals surface area contributed by atoms with Gasteiger partial charge in [-0.2, -0.15) is 0 Å². The molecular weight excluding hydrogens is 514 g/mol. The number of ether oxygens (including phenoxy) is 4. The number of nitrogens with one attached hydrogen (secondary N) is 1. The number of halogens is 1. The zero-order valence-corrected chi connectivity index (χ0v) is 19.2. The lowest BCUT2D eigenvalue weighted by Gasteiger charge is -2.43. The quantitative estimate of drug-likeness (QED) is 0.168. The number of rotatable bonds is 8. The molecule has 0 spiro atoms. The highest BCUT2D eigenvalue weighted by atomic mass is 79.9. The van der Waals surface area contributed by atoms with Crippen LogP contribution in [0, 0.1) is 20.2 Å². The number of nitrogens with zero attached hydrogens (tertiary/aromatic N) is 2. The van der Waals surface area contributed by atoms with Crippen molar-refractivity contribution in [2.75, 3.05) is 11.9 Å². The first-order valence-electron chi connectivity index (χ1n) is 9.37. The fourth-order valence-electron chi connectivity index (χ4n) is 3.13. The minimum absolute atomic E-state index is 0.138. The van der Waals surface area contributed by atoms with Crippen molar-refractivity contribution in [2.45, 2.75) is 50.1 Å². The highest BCUT2D eigenvalue weighted by Crippen LogP contribution is 2.35. The van der Waals surface area contributed by atoms with E-state index in [1.165, 1.54) is 0 Å². The van der Waals surface area contributed by atoms with Gasteiger partial charge in [0.15, 0.2) is 12.2 Å². The van der Waals surface area contributed by atoms with Gasteiger partial charge in [0.1, 0.15) is 29.5 Å². The molecule has 15 heteroatoms. The van der Waals surface area contributed by atoms with Crippen LogP contribution >= 0.6 is 15.9 Å². The number of carbonyl (C=O) groups excluding carboxylic acids is 3. The average molecular weight is 534 g/mol. The first-order valence-corrected chi connectivity index (χ1v) is 10.3. The predicted molar refractivity (Wildman–Crippen MR) is 112 cm³/mol. The molecule has 0 unspecified atom stereocenters. The van der Waals surface area contributed by atoms with Gasteiger partial charge < -0.3 is 24.3 Å². The molecule has 2 rings (SSSR count). The summed E-state index contributed by atoms with van der Waals surface area (Å²) in [6, 6.07) is 1.87. The van der Waals surface area contributed by atoms with Crippen molar-refractivity contribution in [3.63, 3.8) is 0 Å². The largest absolute Gasteiger partial charge is 0.463 e. The maximum atomic E-state index is 11.8. The van der Waals surface area contributed by atoms with E-state index in [1.807, 2.05) is 0 Å². The van der Waals surface area contributed by atoms with Crippen molar-refractivity contribution in [2.24, 2.45) is 0 Å². The van der Waals surface area contributed by atoms with Crippen molar-refractivity contribution in [1.82, 2.24) is 0 Å². The number of carbonyl (C=O) groups is 3. The Hall–Kier alpha value is -3.33. The third kappa shape index (κ3) is 6.82. The molecule has 1 N–H and O–H groups in total. The summed E-state index contributed by atoms with van der Waals surface area (Å²) in [7, 11) is 0. The van der Waals surface area contributed by atoms with E-state index >= 15 is 0 Å². The van der Waals surface area contributed by atoms with Gasteiger partial charge in [-0.25, -0.2) is 0 Å². The zero-order chi connectivity index (χ0) is 24.9. The molecule has 1 fully saturated rings. The number of hydrogen-bond donors (Lipinski definition) is 1. The van der Waals surface area contributed by atoms with Crippen molar-refractivity contribution in [1.29, 1.82) is 0 Å². The lowest BCUT2D eigenvalue weighted by Crippen LogP contribution is -2.62. The fourth-order valence-corrected chi connectivity index (χ4v) is 3.84. The Morgan fingerprint density at radius 1 is 1.03 bits per heavy atom. The van der Waals surface area contributed by atoms with E-state index in [0.29, 0.717) is 0 Å². The molecule has 0 aliphatic carbocycles. The van der Waals surface area contributed by atoms with Gasteiger partial charge in [-0.1, -0.05) is 15.9 Å². The Kier molecular flexibility index (Phi) is 8.64. The van der Waals surface area contributed by atoms with Crippen LogP contribution in [0.15, 0.2) is 18.2 Å². The Bertz CT molecular complexity index is 957. The average Bonchev–Trinajstić information content (AvgIpc) is 2.70. The first kappa shape index (κ1) is 25.9. The van der Waals surface area contributed by atoms with Gasteiger partial charge in [0.05, 0.1) is 15.9 Å². The molecule has 14 nitrogen and oxygen atoms in total. The van der Waals surface area contributed by atoms with Gasteiger partial charge in [0.2, 0.25) is 0 Å². The molecule has 180 valence electrons. The van der Waals surface area contributed by atoms with E-state index in [9.17, 15) is 34.6 Å². The summed E-state index contributed by atoms with van der Waals surface area (Å²) in [6.07, 6.45) is -3.55. The van der Waals surface area contributed by atoms with E-state index < -0.39 is 68.5 Å². The Balaban J connectivity index is 2.46. The molecule has 0 radical (unpaired) electrons. The maximum Gasteiger partial charge on any atom is 0.303 e. The van der Waals surface area contributed by atoms with Crippen LogP contribution in [-0.2, 0) is 33.3 Å². The highest BCUT2D eigenvalue weighted by Gasteiger charge is 2.50. The van der Waals surface area contributed by atoms with Gasteiger partial charge in [0.25, 0.3) is 11.4 Å². The van der Waals surface area contributed by atoms with Crippen molar-refractivity contribution in [3.05, 3.63) is 38.4 Å². The number of esters is 3. The third-order valence-electron chi connectivity index (χ3n) is 4.40. The Labute approximate surface area is 194 Å². The second-order valence-electron chi connectivity index (χ2n) is 6.86. The van der Waals surface area contributed by atoms with Crippen LogP contribution < -0.4 is 5.32 Å². The van der Waals surface area contributed by atoms with Gasteiger partial charge in [-0.05, 0) is 6.07 Å². The molecule has 1 saturated heterocycles. The predicted octanol–water partition coefficient (Wildman–Crippen LogP) is 1.83. The Morgan fingerprint density at radius 3 is 2.15 bits per heavy atom. The van der Waals surface area contributed by atoms with Crippen molar-refractivity contribution >= 4 is 50.9 Å². The van der Waals surface area contributed by atoms with Crippen molar-refractivity contribution in [3.8, 4) is 0 Å². The van der Waals surface area contributed by atoms with E-state index in [1.54, 1.807) is 0 Å². The van der Waals surface area contributed by atoms with Crippen LogP contribution in [0.1, 0.15) is 20.8 Å². The molecule has 1 aliphatic heterocycles. The van der Waals surface area contributed by atoms with Gasteiger partial charge in [0, 0.05) is 26.8 Å². The summed E-state index contributed by atoms with van der Waals surface area (Å²) in [6.45, 7) is 3.04. The molecule has 0 bridgehead atoms. The summed E-state index contributed by atoms with van der Waals surface area (Å²) < 4.78 is 21.3. The normalized spacial score (nSPS) is 24.3. The number of benzene rings is 1. The van der Waals surface area contributed by atoms with E-state index in [-0.39, 0.29) is 12.3 Å². The minimum Gasteiger partial charge on any atom is -0.463 e. The van der Waals surface area contributed by atoms with Crippen LogP contribution in [0.4, 0.5) is 17.1 Å². The second-order valence-corrected chi connectivity index (χ2v) is 7.76. The van der Waals surface area contributed by atoms with Gasteiger partial charge in [-0.15, -0.1) is 0 Å². The minimum atomic E-state index is -1.26. The van der Waals surface area contributed by atoms with Crippen LogP contribution in [0.25, 0.3) is 0 Å². The topological polar surface area (TPSA) is 186 Å². The molecule has 1 aromatic rings. The molecule has 0 saturated carbocycles. The summed E-state index contributed by atoms with van der Waals surface area (Å²) in [5, 5.41) is 24.3. The number of non-ortho nitro benzene ring substituents is 1. The molecule has 0 amide bonds. The van der Waals surface area contributed by atoms with Gasteiger partial charge in [-0.3, -0.25) is 34.6 Å². The van der Waals surface area contributed by atoms with Crippen LogP contribution in [-0.4, -0.2) is 63.7 Å². The first-order chi connectivity index (χ1) is 15.4. The number of anilines is 1. The number of hydrogen-bond acceptors (Lipinski definition) is 12. The molecule has 1 heterocycles. The van der Waals surface area contributed by atoms with Gasteiger partial charge >= 0.3 is 17.9 Å². The van der Waals surface area contributed by atoms with E-state index in [2.05, 4.69) is 21.2 Å². The lowest BCUT2D eigenvalue weighted by molar-refractivity contribution is -0.393. The molecule has 1 aromatic carbocycles. The Morgan fingerprint density at radius 2 is 1.64 bits per heavy atom. The molecular formula is C18H20BrN3O11. The summed E-state index contributed by atoms with van der Waals surface area (Å²) in [5.74, 6) is -2.13. The number of nitro benzene ring substituents is 2. The van der Waals surface area contributed by atoms with Crippen LogP contribution in [0.5, 0.6) is 0 Å². The standard InChI is InChI=1S/C18H20BrN3O11/c1-8(23)30-7-14-16(31-9(2)24)17(32-10(3)25)15(18(19)33-14)20-12-5-4-11(21(26)27)6-13(12)22(28)29/h4-6,14-18,20H,7H2,1-3H3/t14-,15-,16-,17-,18+/m0/s1. The highest BCUT2D eigenvalue weighted by molar-refractivity contribution is 9.09. The maximum absolute atomic E-state index is 11.8. The van der Waals surface area contributed by atoms with Crippen molar-refractivity contribution < 1.29 is 43.2 Å². The second kappa shape index (κ2) is 11.0. The number of nitro groups is 2. The molecule has 0 aromatic heterocycles. The SMILES string of the molecule is CC(=O)OC[C@@H]1O[C@@H](Br)[C@@H](Nc2ccc([N+](=O)[O-])cc2[N+](=O)[O-])[C@H](OC(C)=O)[C@H]1OC(C)=O. The third-order valence-corrected chi connectivity index (χ3v) is 5.18. The fraction of sp³-hybridized carbons (Fsp3) is 0.500. The zero-order valence-electron chi connectivity index (χ0n) is 17.6. The monoisotopic (exact) mass is 533 g/mol. The lowest BCUT2D eigenvalue weighted by atomic mass is 9.97. The van der Waals surface area contributed by atoms with Crippen LogP contribution in [0.3, 0.4) is 0 Å². The summed E-state index contributed by atoms with van der Waals surface area (Å²) >= 11 is 3.25. The molecule has 33 heavy (non-hydrogen) atoms. The summed E-state index contributed by atoms with van der Waals surface area (Å²) in [4.78, 5) is 55.6.